The third-order valence-corrected chi connectivity index (χ3v) is 2.55. The first-order valence-corrected chi connectivity index (χ1v) is 5.84. The van der Waals surface area contributed by atoms with E-state index in [0.29, 0.717) is 29.9 Å². The molecule has 0 atom stereocenters. The van der Waals surface area contributed by atoms with Crippen LogP contribution in [0.2, 0.25) is 0 Å². The summed E-state index contributed by atoms with van der Waals surface area (Å²) < 4.78 is 0. The first kappa shape index (κ1) is 13.0. The Morgan fingerprint density at radius 3 is 3.05 bits per heavy atom. The van der Waals surface area contributed by atoms with E-state index in [9.17, 15) is 4.79 Å². The van der Waals surface area contributed by atoms with Crippen molar-refractivity contribution < 1.29 is 10.0 Å². The number of aromatic amines is 1. The minimum absolute atomic E-state index is 0.154. The number of imidazole rings is 1. The molecule has 1 amide bonds. The molecule has 0 aliphatic rings. The van der Waals surface area contributed by atoms with Gasteiger partial charge >= 0.3 is 0 Å². The molecule has 0 fully saturated rings. The zero-order valence-corrected chi connectivity index (χ0v) is 10.2. The largest absolute Gasteiger partial charge is 0.368 e. The molecular formula is C10H15N7O2. The molecule has 6 N–H and O–H groups in total. The Kier molecular flexibility index (Phi) is 4.08. The Hall–Kier alpha value is -2.42. The molecule has 0 aliphatic heterocycles. The molecule has 0 bridgehead atoms. The van der Waals surface area contributed by atoms with Gasteiger partial charge in [-0.3, -0.25) is 10.0 Å². The number of rotatable bonds is 6. The van der Waals surface area contributed by atoms with E-state index in [1.165, 1.54) is 6.33 Å². The van der Waals surface area contributed by atoms with Crippen molar-refractivity contribution in [2.24, 2.45) is 0 Å². The maximum absolute atomic E-state index is 10.8. The highest BCUT2D eigenvalue weighted by molar-refractivity contribution is 5.83. The summed E-state index contributed by atoms with van der Waals surface area (Å²) in [6, 6.07) is 0. The van der Waals surface area contributed by atoms with E-state index < -0.39 is 0 Å². The van der Waals surface area contributed by atoms with Gasteiger partial charge in [0, 0.05) is 13.0 Å². The maximum atomic E-state index is 10.8. The van der Waals surface area contributed by atoms with Crippen molar-refractivity contribution in [3.63, 3.8) is 0 Å². The van der Waals surface area contributed by atoms with E-state index in [0.717, 1.165) is 6.42 Å². The van der Waals surface area contributed by atoms with Crippen LogP contribution in [0, 0.1) is 0 Å². The molecule has 0 unspecified atom stereocenters. The van der Waals surface area contributed by atoms with Crippen LogP contribution in [0.25, 0.3) is 11.2 Å². The second-order valence-electron chi connectivity index (χ2n) is 3.95. The third kappa shape index (κ3) is 3.28. The van der Waals surface area contributed by atoms with Crippen LogP contribution in [-0.4, -0.2) is 37.6 Å². The molecule has 0 saturated heterocycles. The number of carbonyl (C=O) groups is 1. The van der Waals surface area contributed by atoms with Crippen molar-refractivity contribution in [1.29, 1.82) is 0 Å². The summed E-state index contributed by atoms with van der Waals surface area (Å²) in [5.74, 6) is 0.357. The molecular weight excluding hydrogens is 250 g/mol. The summed E-state index contributed by atoms with van der Waals surface area (Å²) in [7, 11) is 0. The molecule has 0 aromatic carbocycles. The molecule has 2 aromatic heterocycles. The molecule has 0 saturated carbocycles. The van der Waals surface area contributed by atoms with Crippen molar-refractivity contribution in [2.45, 2.75) is 19.3 Å². The molecule has 0 aliphatic carbocycles. The highest BCUT2D eigenvalue weighted by atomic mass is 16.5. The summed E-state index contributed by atoms with van der Waals surface area (Å²) in [5, 5.41) is 11.4. The first-order chi connectivity index (χ1) is 9.20. The Morgan fingerprint density at radius 2 is 2.26 bits per heavy atom. The summed E-state index contributed by atoms with van der Waals surface area (Å²) >= 11 is 0. The number of H-pyrrole nitrogens is 1. The smallest absolute Gasteiger partial charge is 0.243 e. The van der Waals surface area contributed by atoms with Gasteiger partial charge in [-0.1, -0.05) is 0 Å². The van der Waals surface area contributed by atoms with Crippen LogP contribution in [0.4, 0.5) is 11.8 Å². The molecule has 9 nitrogen and oxygen atoms in total. The summed E-state index contributed by atoms with van der Waals surface area (Å²) in [6.45, 7) is 0.628. The molecule has 2 heterocycles. The lowest BCUT2D eigenvalue weighted by atomic mass is 10.2. The maximum Gasteiger partial charge on any atom is 0.243 e. The van der Waals surface area contributed by atoms with Gasteiger partial charge in [0.05, 0.1) is 6.33 Å². The lowest BCUT2D eigenvalue weighted by molar-refractivity contribution is -0.129. The zero-order valence-electron chi connectivity index (χ0n) is 10.2. The van der Waals surface area contributed by atoms with Crippen LogP contribution < -0.4 is 16.5 Å². The van der Waals surface area contributed by atoms with Gasteiger partial charge in [-0.15, -0.1) is 0 Å². The van der Waals surface area contributed by atoms with Gasteiger partial charge in [-0.05, 0) is 12.8 Å². The number of unbranched alkanes of at least 4 members (excludes halogenated alkanes) is 1. The number of hydroxylamine groups is 1. The van der Waals surface area contributed by atoms with Crippen molar-refractivity contribution in [3.05, 3.63) is 6.33 Å². The van der Waals surface area contributed by atoms with Crippen molar-refractivity contribution in [3.8, 4) is 0 Å². The van der Waals surface area contributed by atoms with Crippen LogP contribution in [0.5, 0.6) is 0 Å². The minimum Gasteiger partial charge on any atom is -0.368 e. The molecule has 19 heavy (non-hydrogen) atoms. The number of hydrogen-bond donors (Lipinski definition) is 5. The Balaban J connectivity index is 1.87. The highest BCUT2D eigenvalue weighted by Crippen LogP contribution is 2.17. The molecule has 0 radical (unpaired) electrons. The molecule has 0 spiro atoms. The number of nitrogens with zero attached hydrogens (tertiary/aromatic N) is 3. The third-order valence-electron chi connectivity index (χ3n) is 2.55. The molecule has 102 valence electrons. The van der Waals surface area contributed by atoms with Crippen LogP contribution in [0.15, 0.2) is 6.33 Å². The fourth-order valence-corrected chi connectivity index (χ4v) is 1.65. The number of nitrogen functional groups attached to an aromatic ring is 1. The highest BCUT2D eigenvalue weighted by Gasteiger charge is 2.07. The van der Waals surface area contributed by atoms with Crippen LogP contribution in [0.1, 0.15) is 19.3 Å². The number of nitrogens with two attached hydrogens (primary N) is 1. The van der Waals surface area contributed by atoms with Gasteiger partial charge in [0.1, 0.15) is 5.52 Å². The van der Waals surface area contributed by atoms with Crippen molar-refractivity contribution >= 4 is 28.8 Å². The van der Waals surface area contributed by atoms with Crippen molar-refractivity contribution in [1.82, 2.24) is 25.4 Å². The lowest BCUT2D eigenvalue weighted by Gasteiger charge is -2.06. The quantitative estimate of drug-likeness (QED) is 0.281. The predicted octanol–water partition coefficient (Wildman–Crippen LogP) is 0.0227. The SMILES string of the molecule is Nc1nc(NCCCCC(=O)NO)c2[nH]cnc2n1. The summed E-state index contributed by atoms with van der Waals surface area (Å²) in [5.41, 5.74) is 8.37. The number of hydrogen-bond acceptors (Lipinski definition) is 7. The van der Waals surface area contributed by atoms with Gasteiger partial charge in [0.25, 0.3) is 0 Å². The van der Waals surface area contributed by atoms with E-state index in [4.69, 9.17) is 10.9 Å². The minimum atomic E-state index is -0.387. The van der Waals surface area contributed by atoms with Crippen LogP contribution >= 0.6 is 0 Å². The normalized spacial score (nSPS) is 10.6. The number of nitrogens with one attached hydrogen (secondary N) is 3. The average Bonchev–Trinajstić information content (AvgIpc) is 2.85. The predicted molar refractivity (Wildman–Crippen MR) is 68.4 cm³/mol. The lowest BCUT2D eigenvalue weighted by Crippen LogP contribution is -2.18. The van der Waals surface area contributed by atoms with Gasteiger partial charge in [0.2, 0.25) is 11.9 Å². The Bertz CT molecular complexity index is 568. The fraction of sp³-hybridized carbons (Fsp3) is 0.400. The number of amides is 1. The summed E-state index contributed by atoms with van der Waals surface area (Å²) in [6.07, 6.45) is 3.22. The van der Waals surface area contributed by atoms with E-state index >= 15 is 0 Å². The monoisotopic (exact) mass is 265 g/mol. The van der Waals surface area contributed by atoms with E-state index in [1.807, 2.05) is 0 Å². The van der Waals surface area contributed by atoms with E-state index in [-0.39, 0.29) is 18.3 Å². The number of fused-ring (bicyclic) bond motifs is 1. The van der Waals surface area contributed by atoms with Crippen LogP contribution in [-0.2, 0) is 4.79 Å². The summed E-state index contributed by atoms with van der Waals surface area (Å²) in [4.78, 5) is 25.8. The fourth-order valence-electron chi connectivity index (χ4n) is 1.65. The number of carbonyl (C=O) groups excluding carboxylic acids is 1. The molecule has 9 heteroatoms. The Morgan fingerprint density at radius 1 is 1.42 bits per heavy atom. The second-order valence-corrected chi connectivity index (χ2v) is 3.95. The standard InChI is InChI=1S/C10H15N7O2/c11-10-15-8(7-9(16-10)14-5-13-7)12-4-2-1-3-6(18)17-19/h5,19H,1-4H2,(H,17,18)(H4,11,12,13,14,15,16). The van der Waals surface area contributed by atoms with Crippen molar-refractivity contribution in [2.75, 3.05) is 17.6 Å². The van der Waals surface area contributed by atoms with E-state index in [2.05, 4.69) is 25.3 Å². The van der Waals surface area contributed by atoms with Crippen LogP contribution in [0.3, 0.4) is 0 Å². The van der Waals surface area contributed by atoms with Gasteiger partial charge in [0.15, 0.2) is 11.5 Å². The average molecular weight is 265 g/mol. The zero-order chi connectivity index (χ0) is 13.7. The van der Waals surface area contributed by atoms with Gasteiger partial charge in [-0.2, -0.15) is 9.97 Å². The number of aromatic nitrogens is 4. The van der Waals surface area contributed by atoms with Gasteiger partial charge < -0.3 is 16.0 Å². The number of anilines is 2. The van der Waals surface area contributed by atoms with E-state index in [1.54, 1.807) is 5.48 Å². The molecule has 2 rings (SSSR count). The molecule has 2 aromatic rings. The topological polar surface area (TPSA) is 142 Å². The second kappa shape index (κ2) is 5.96. The first-order valence-electron chi connectivity index (χ1n) is 5.84. The Labute approximate surface area is 108 Å². The van der Waals surface area contributed by atoms with Gasteiger partial charge in [-0.25, -0.2) is 10.5 Å².